The zero-order valence-electron chi connectivity index (χ0n) is 12.3. The number of amides is 2. The largest absolute Gasteiger partial charge is 0.336 e. The van der Waals surface area contributed by atoms with E-state index in [1.54, 1.807) is 0 Å². The number of rotatable bonds is 5. The third kappa shape index (κ3) is 4.91. The number of carbonyl (C=O) groups is 1. The van der Waals surface area contributed by atoms with Crippen LogP contribution in [0.1, 0.15) is 38.8 Å². The minimum Gasteiger partial charge on any atom is -0.336 e. The monoisotopic (exact) mass is 263 g/mol. The normalized spacial score (nSPS) is 11.5. The van der Waals surface area contributed by atoms with Crippen LogP contribution in [0, 0.1) is 5.92 Å². The van der Waals surface area contributed by atoms with Gasteiger partial charge in [0.2, 0.25) is 0 Å². The maximum atomic E-state index is 11.1. The first-order valence-electron chi connectivity index (χ1n) is 6.69. The van der Waals surface area contributed by atoms with Crippen LogP contribution in [0.25, 0.3) is 0 Å². The number of nitrogens with two attached hydrogens (primary N) is 1. The lowest BCUT2D eigenvalue weighted by atomic mass is 9.84. The van der Waals surface area contributed by atoms with Crippen LogP contribution < -0.4 is 16.6 Å². The summed E-state index contributed by atoms with van der Waals surface area (Å²) < 4.78 is 0. The highest BCUT2D eigenvalue weighted by Crippen LogP contribution is 2.23. The topological polar surface area (TPSA) is 67.2 Å². The average molecular weight is 263 g/mol. The molecule has 0 aliphatic rings. The van der Waals surface area contributed by atoms with Crippen molar-refractivity contribution in [2.24, 2.45) is 11.8 Å². The molecule has 1 aromatic carbocycles. The van der Waals surface area contributed by atoms with E-state index < -0.39 is 0 Å². The van der Waals surface area contributed by atoms with E-state index in [0.29, 0.717) is 12.5 Å². The molecule has 0 aliphatic heterocycles. The fraction of sp³-hybridized carbons (Fsp3) is 0.533. The maximum absolute atomic E-state index is 11.1. The van der Waals surface area contributed by atoms with Crippen molar-refractivity contribution in [1.82, 2.24) is 10.7 Å². The predicted molar refractivity (Wildman–Crippen MR) is 78.7 cm³/mol. The minimum atomic E-state index is -0.357. The van der Waals surface area contributed by atoms with Gasteiger partial charge in [-0.1, -0.05) is 52.0 Å². The van der Waals surface area contributed by atoms with Crippen LogP contribution in [0.3, 0.4) is 0 Å². The molecule has 0 aromatic heterocycles. The first kappa shape index (κ1) is 15.5. The zero-order chi connectivity index (χ0) is 14.5. The molecule has 4 N–H and O–H groups in total. The lowest BCUT2D eigenvalue weighted by molar-refractivity contribution is 0.238. The van der Waals surface area contributed by atoms with E-state index in [-0.39, 0.29) is 11.4 Å². The molecule has 0 atom stereocenters. The van der Waals surface area contributed by atoms with Crippen LogP contribution in [-0.2, 0) is 11.8 Å². The van der Waals surface area contributed by atoms with Crippen LogP contribution in [-0.4, -0.2) is 12.6 Å². The second-order valence-corrected chi connectivity index (χ2v) is 6.01. The molecule has 4 heteroatoms. The fourth-order valence-corrected chi connectivity index (χ4v) is 2.02. The molecule has 0 radical (unpaired) electrons. The van der Waals surface area contributed by atoms with E-state index in [4.69, 9.17) is 5.84 Å². The number of hydrogen-bond acceptors (Lipinski definition) is 2. The average Bonchev–Trinajstić information content (AvgIpc) is 2.36. The Morgan fingerprint density at radius 3 is 2.32 bits per heavy atom. The molecule has 0 bridgehead atoms. The van der Waals surface area contributed by atoms with Gasteiger partial charge in [0.15, 0.2) is 0 Å². The van der Waals surface area contributed by atoms with Crippen molar-refractivity contribution in [3.63, 3.8) is 0 Å². The van der Waals surface area contributed by atoms with Gasteiger partial charge in [0, 0.05) is 12.0 Å². The highest BCUT2D eigenvalue weighted by atomic mass is 16.2. The summed E-state index contributed by atoms with van der Waals surface area (Å²) in [6.07, 6.45) is 1.09. The second kappa shape index (κ2) is 6.57. The van der Waals surface area contributed by atoms with Gasteiger partial charge in [-0.2, -0.15) is 0 Å². The molecule has 0 heterocycles. The third-order valence-corrected chi connectivity index (χ3v) is 3.20. The minimum absolute atomic E-state index is 0.122. The second-order valence-electron chi connectivity index (χ2n) is 6.01. The van der Waals surface area contributed by atoms with Crippen molar-refractivity contribution in [2.45, 2.75) is 39.5 Å². The molecule has 2 amide bonds. The van der Waals surface area contributed by atoms with Gasteiger partial charge >= 0.3 is 6.03 Å². The fourth-order valence-electron chi connectivity index (χ4n) is 2.02. The van der Waals surface area contributed by atoms with Gasteiger partial charge in [0.05, 0.1) is 0 Å². The van der Waals surface area contributed by atoms with Crippen LogP contribution >= 0.6 is 0 Å². The first-order valence-corrected chi connectivity index (χ1v) is 6.69. The molecular weight excluding hydrogens is 238 g/mol. The summed E-state index contributed by atoms with van der Waals surface area (Å²) in [6, 6.07) is 8.25. The molecule has 4 nitrogen and oxygen atoms in total. The number of hydrazine groups is 1. The lowest BCUT2D eigenvalue weighted by Gasteiger charge is -2.25. The quantitative estimate of drug-likeness (QED) is 0.433. The molecule has 1 rings (SSSR count). The summed E-state index contributed by atoms with van der Waals surface area (Å²) in [5.41, 5.74) is 4.50. The smallest absolute Gasteiger partial charge is 0.328 e. The van der Waals surface area contributed by atoms with Crippen LogP contribution in [0.5, 0.6) is 0 Å². The Balaban J connectivity index is 2.70. The highest BCUT2D eigenvalue weighted by molar-refractivity contribution is 5.73. The number of urea groups is 1. The van der Waals surface area contributed by atoms with Crippen LogP contribution in [0.15, 0.2) is 24.3 Å². The predicted octanol–water partition coefficient (Wildman–Crippen LogP) is 2.34. The Labute approximate surface area is 115 Å². The molecule has 0 fully saturated rings. The summed E-state index contributed by atoms with van der Waals surface area (Å²) in [7, 11) is 0. The molecule has 106 valence electrons. The van der Waals surface area contributed by atoms with Gasteiger partial charge in [-0.3, -0.25) is 5.43 Å². The number of nitrogens with one attached hydrogen (secondary N) is 2. The van der Waals surface area contributed by atoms with Gasteiger partial charge in [0.25, 0.3) is 0 Å². The van der Waals surface area contributed by atoms with E-state index in [2.05, 4.69) is 62.7 Å². The van der Waals surface area contributed by atoms with E-state index >= 15 is 0 Å². The lowest BCUT2D eigenvalue weighted by Crippen LogP contribution is -2.44. The first-order chi connectivity index (χ1) is 8.85. The van der Waals surface area contributed by atoms with E-state index in [0.717, 1.165) is 6.42 Å². The highest BCUT2D eigenvalue weighted by Gasteiger charge is 2.21. The van der Waals surface area contributed by atoms with Crippen molar-refractivity contribution in [3.8, 4) is 0 Å². The van der Waals surface area contributed by atoms with Crippen LogP contribution in [0.4, 0.5) is 4.79 Å². The van der Waals surface area contributed by atoms with E-state index in [9.17, 15) is 4.79 Å². The summed E-state index contributed by atoms with van der Waals surface area (Å²) in [6.45, 7) is 9.17. The summed E-state index contributed by atoms with van der Waals surface area (Å²) in [5.74, 6) is 5.71. The molecule has 0 saturated heterocycles. The Hall–Kier alpha value is -1.55. The molecule has 19 heavy (non-hydrogen) atoms. The summed E-state index contributed by atoms with van der Waals surface area (Å²) >= 11 is 0. The van der Waals surface area contributed by atoms with Gasteiger partial charge in [-0.05, 0) is 23.5 Å². The Kier molecular flexibility index (Phi) is 5.36. The van der Waals surface area contributed by atoms with Crippen LogP contribution in [0.2, 0.25) is 0 Å². The summed E-state index contributed by atoms with van der Waals surface area (Å²) in [4.78, 5) is 11.1. The van der Waals surface area contributed by atoms with Crippen molar-refractivity contribution < 1.29 is 4.79 Å². The maximum Gasteiger partial charge on any atom is 0.328 e. The standard InChI is InChI=1S/C15H25N3O/c1-11(2)9-12-5-7-13(8-6-12)15(3,4)10-17-14(19)18-16/h5-8,11H,9-10,16H2,1-4H3,(H2,17,18,19). The molecule has 1 aromatic rings. The Morgan fingerprint density at radius 2 is 1.84 bits per heavy atom. The van der Waals surface area contributed by atoms with Gasteiger partial charge in [-0.25, -0.2) is 10.6 Å². The number of hydrogen-bond donors (Lipinski definition) is 3. The van der Waals surface area contributed by atoms with E-state index in [1.165, 1.54) is 11.1 Å². The van der Waals surface area contributed by atoms with Crippen molar-refractivity contribution in [3.05, 3.63) is 35.4 Å². The Morgan fingerprint density at radius 1 is 1.26 bits per heavy atom. The number of carbonyl (C=O) groups excluding carboxylic acids is 1. The van der Waals surface area contributed by atoms with Crippen molar-refractivity contribution in [2.75, 3.05) is 6.54 Å². The molecular formula is C15H25N3O. The molecule has 0 saturated carbocycles. The Bertz CT molecular complexity index is 410. The number of benzene rings is 1. The molecule has 0 aliphatic carbocycles. The molecule has 0 unspecified atom stereocenters. The van der Waals surface area contributed by atoms with Gasteiger partial charge < -0.3 is 5.32 Å². The zero-order valence-corrected chi connectivity index (χ0v) is 12.3. The van der Waals surface area contributed by atoms with Gasteiger partial charge in [-0.15, -0.1) is 0 Å². The van der Waals surface area contributed by atoms with Crippen molar-refractivity contribution >= 4 is 6.03 Å². The molecule has 0 spiro atoms. The third-order valence-electron chi connectivity index (χ3n) is 3.20. The summed E-state index contributed by atoms with van der Waals surface area (Å²) in [5, 5.41) is 2.74. The van der Waals surface area contributed by atoms with Crippen molar-refractivity contribution in [1.29, 1.82) is 0 Å². The van der Waals surface area contributed by atoms with E-state index in [1.807, 2.05) is 0 Å². The van der Waals surface area contributed by atoms with Gasteiger partial charge in [0.1, 0.15) is 0 Å². The SMILES string of the molecule is CC(C)Cc1ccc(C(C)(C)CNC(=O)NN)cc1.